The van der Waals surface area contributed by atoms with Crippen molar-refractivity contribution in [2.75, 3.05) is 24.5 Å². The van der Waals surface area contributed by atoms with Crippen molar-refractivity contribution < 1.29 is 27.7 Å². The monoisotopic (exact) mass is 644 g/mol. The van der Waals surface area contributed by atoms with Crippen molar-refractivity contribution in [3.05, 3.63) is 93.0 Å². The Balaban J connectivity index is 2.09. The molecule has 0 saturated heterocycles. The molecule has 1 N–H and O–H groups in total. The van der Waals surface area contributed by atoms with Gasteiger partial charge in [0.1, 0.15) is 18.3 Å². The molecule has 236 valence electrons. The molecule has 0 unspecified atom stereocenters. The number of carbonyl (C=O) groups is 2. The average molecular weight is 645 g/mol. The lowest BCUT2D eigenvalue weighted by Gasteiger charge is -2.33. The Hall–Kier alpha value is -4.16. The molecule has 2 amide bonds. The number of nitrogens with zero attached hydrogens (tertiary/aromatic N) is 3. The van der Waals surface area contributed by atoms with E-state index < -0.39 is 33.4 Å². The first-order valence-electron chi connectivity index (χ1n) is 14.2. The van der Waals surface area contributed by atoms with Crippen LogP contribution in [0.2, 0.25) is 5.02 Å². The predicted octanol–water partition coefficient (Wildman–Crippen LogP) is 5.48. The molecule has 0 radical (unpaired) electrons. The van der Waals surface area contributed by atoms with Gasteiger partial charge in [0.2, 0.25) is 11.8 Å². The van der Waals surface area contributed by atoms with Crippen LogP contribution in [0.25, 0.3) is 0 Å². The third-order valence-electron chi connectivity index (χ3n) is 7.09. The predicted molar refractivity (Wildman–Crippen MR) is 169 cm³/mol. The van der Waals surface area contributed by atoms with Gasteiger partial charge >= 0.3 is 0 Å². The second-order valence-electron chi connectivity index (χ2n) is 10.1. The van der Waals surface area contributed by atoms with Gasteiger partial charge in [0.25, 0.3) is 15.7 Å². The number of benzene rings is 3. The summed E-state index contributed by atoms with van der Waals surface area (Å²) in [5.74, 6) is -0.530. The van der Waals surface area contributed by atoms with Crippen molar-refractivity contribution in [1.82, 2.24) is 10.2 Å². The summed E-state index contributed by atoms with van der Waals surface area (Å²) < 4.78 is 34.3. The van der Waals surface area contributed by atoms with Crippen LogP contribution in [0.4, 0.5) is 11.4 Å². The van der Waals surface area contributed by atoms with Gasteiger partial charge in [0, 0.05) is 29.7 Å². The zero-order valence-electron chi connectivity index (χ0n) is 25.2. The van der Waals surface area contributed by atoms with Gasteiger partial charge in [-0.3, -0.25) is 24.0 Å². The number of hydrogen-bond acceptors (Lipinski definition) is 7. The number of ether oxygens (including phenoxy) is 1. The molecule has 0 aliphatic heterocycles. The number of nitro groups is 1. The van der Waals surface area contributed by atoms with Gasteiger partial charge in [-0.2, -0.15) is 0 Å². The van der Waals surface area contributed by atoms with Crippen molar-refractivity contribution in [2.24, 2.45) is 0 Å². The molecule has 0 aliphatic rings. The standard InChI is InChI=1S/C31H37ClN4O7S/c1-5-7-18-33-31(38)28(6-2)34(20-23-9-11-24(32)12-10-23)30(37)21-35(25-13-15-26(43-4)16-14-25)44(41,42)27-17-8-22(3)29(19-27)36(39)40/h8-17,19,28H,5-7,18,20-21H2,1-4H3,(H,33,38)/t28-/m0/s1. The normalized spacial score (nSPS) is 11.8. The first-order valence-corrected chi connectivity index (χ1v) is 16.0. The maximum Gasteiger partial charge on any atom is 0.273 e. The Morgan fingerprint density at radius 1 is 1.05 bits per heavy atom. The first kappa shape index (κ1) is 34.3. The van der Waals surface area contributed by atoms with Gasteiger partial charge in [0.15, 0.2) is 0 Å². The summed E-state index contributed by atoms with van der Waals surface area (Å²) in [4.78, 5) is 39.4. The third-order valence-corrected chi connectivity index (χ3v) is 9.11. The molecule has 0 aromatic heterocycles. The van der Waals surface area contributed by atoms with E-state index in [4.69, 9.17) is 16.3 Å². The zero-order chi connectivity index (χ0) is 32.4. The summed E-state index contributed by atoms with van der Waals surface area (Å²) in [7, 11) is -3.04. The highest BCUT2D eigenvalue weighted by molar-refractivity contribution is 7.92. The van der Waals surface area contributed by atoms with E-state index >= 15 is 0 Å². The van der Waals surface area contributed by atoms with Crippen molar-refractivity contribution in [1.29, 1.82) is 0 Å². The van der Waals surface area contributed by atoms with Crippen molar-refractivity contribution in [3.8, 4) is 5.75 Å². The van der Waals surface area contributed by atoms with Crippen molar-refractivity contribution >= 4 is 44.8 Å². The van der Waals surface area contributed by atoms with Crippen LogP contribution in [0.1, 0.15) is 44.2 Å². The van der Waals surface area contributed by atoms with Gasteiger partial charge in [0.05, 0.1) is 22.6 Å². The molecule has 0 spiro atoms. The zero-order valence-corrected chi connectivity index (χ0v) is 26.7. The second kappa shape index (κ2) is 15.5. The fraction of sp³-hybridized carbons (Fsp3) is 0.355. The molecule has 0 heterocycles. The number of nitrogens with one attached hydrogen (secondary N) is 1. The molecule has 0 bridgehead atoms. The molecule has 0 fully saturated rings. The van der Waals surface area contributed by atoms with Crippen LogP contribution >= 0.6 is 11.6 Å². The van der Waals surface area contributed by atoms with Gasteiger partial charge < -0.3 is 15.0 Å². The van der Waals surface area contributed by atoms with Crippen molar-refractivity contribution in [2.45, 2.75) is 57.5 Å². The molecule has 3 rings (SSSR count). The summed E-state index contributed by atoms with van der Waals surface area (Å²) >= 11 is 6.06. The molecule has 44 heavy (non-hydrogen) atoms. The Kier molecular flexibility index (Phi) is 12.1. The van der Waals surface area contributed by atoms with E-state index in [9.17, 15) is 28.1 Å². The number of halogens is 1. The second-order valence-corrected chi connectivity index (χ2v) is 12.4. The average Bonchev–Trinajstić information content (AvgIpc) is 3.00. The number of sulfonamides is 1. The van der Waals surface area contributed by atoms with Crippen LogP contribution < -0.4 is 14.4 Å². The Morgan fingerprint density at radius 3 is 2.27 bits per heavy atom. The number of amides is 2. The topological polar surface area (TPSA) is 139 Å². The number of hydrogen-bond donors (Lipinski definition) is 1. The number of aryl methyl sites for hydroxylation is 1. The molecule has 0 aliphatic carbocycles. The minimum absolute atomic E-state index is 0.0161. The molecular formula is C31H37ClN4O7S. The van der Waals surface area contributed by atoms with Crippen LogP contribution in [0, 0.1) is 17.0 Å². The lowest BCUT2D eigenvalue weighted by atomic mass is 10.1. The molecule has 11 nitrogen and oxygen atoms in total. The van der Waals surface area contributed by atoms with Crippen LogP contribution in [0.3, 0.4) is 0 Å². The summed E-state index contributed by atoms with van der Waals surface area (Å²) in [6, 6.07) is 15.5. The first-order chi connectivity index (χ1) is 20.9. The number of methoxy groups -OCH3 is 1. The number of unbranched alkanes of at least 4 members (excludes halogenated alkanes) is 1. The highest BCUT2D eigenvalue weighted by Crippen LogP contribution is 2.29. The van der Waals surface area contributed by atoms with Gasteiger partial charge in [-0.15, -0.1) is 0 Å². The van der Waals surface area contributed by atoms with E-state index in [2.05, 4.69) is 5.32 Å². The number of carbonyl (C=O) groups excluding carboxylic acids is 2. The maximum atomic E-state index is 14.1. The van der Waals surface area contributed by atoms with Gasteiger partial charge in [-0.05, 0) is 67.8 Å². The summed E-state index contributed by atoms with van der Waals surface area (Å²) in [5, 5.41) is 15.0. The van der Waals surface area contributed by atoms with Crippen LogP contribution in [0.5, 0.6) is 5.75 Å². The van der Waals surface area contributed by atoms with E-state index in [1.807, 2.05) is 6.92 Å². The fourth-order valence-electron chi connectivity index (χ4n) is 4.56. The summed E-state index contributed by atoms with van der Waals surface area (Å²) in [5.41, 5.74) is 0.742. The minimum Gasteiger partial charge on any atom is -0.497 e. The highest BCUT2D eigenvalue weighted by Gasteiger charge is 2.34. The maximum absolute atomic E-state index is 14.1. The molecule has 13 heteroatoms. The highest BCUT2D eigenvalue weighted by atomic mass is 35.5. The lowest BCUT2D eigenvalue weighted by molar-refractivity contribution is -0.385. The largest absolute Gasteiger partial charge is 0.497 e. The third kappa shape index (κ3) is 8.48. The SMILES string of the molecule is CCCCNC(=O)[C@H](CC)N(Cc1ccc(Cl)cc1)C(=O)CN(c1ccc(OC)cc1)S(=O)(=O)c1ccc(C)c([N+](=O)[O-])c1. The molecule has 3 aromatic rings. The van der Waals surface area contributed by atoms with Crippen LogP contribution in [-0.4, -0.2) is 56.3 Å². The number of rotatable bonds is 15. The minimum atomic E-state index is -4.50. The number of nitro benzene ring substituents is 1. The molecule has 0 saturated carbocycles. The Bertz CT molecular complexity index is 1560. The Morgan fingerprint density at radius 2 is 1.70 bits per heavy atom. The Labute approximate surface area is 263 Å². The molecule has 3 aromatic carbocycles. The van der Waals surface area contributed by atoms with Crippen LogP contribution in [0.15, 0.2) is 71.6 Å². The van der Waals surface area contributed by atoms with E-state index in [0.717, 1.165) is 23.2 Å². The van der Waals surface area contributed by atoms with E-state index in [1.165, 1.54) is 43.2 Å². The van der Waals surface area contributed by atoms with Gasteiger partial charge in [-0.1, -0.05) is 50.1 Å². The van der Waals surface area contributed by atoms with Crippen molar-refractivity contribution in [3.63, 3.8) is 0 Å². The summed E-state index contributed by atoms with van der Waals surface area (Å²) in [6.07, 6.45) is 1.91. The fourth-order valence-corrected chi connectivity index (χ4v) is 6.12. The lowest BCUT2D eigenvalue weighted by Crippen LogP contribution is -2.52. The van der Waals surface area contributed by atoms with E-state index in [1.54, 1.807) is 43.3 Å². The summed E-state index contributed by atoms with van der Waals surface area (Å²) in [6.45, 7) is 5.05. The number of anilines is 1. The quantitative estimate of drug-likeness (QED) is 0.131. The van der Waals surface area contributed by atoms with Gasteiger partial charge in [-0.25, -0.2) is 8.42 Å². The van der Waals surface area contributed by atoms with E-state index in [-0.39, 0.29) is 40.7 Å². The van der Waals surface area contributed by atoms with Crippen LogP contribution in [-0.2, 0) is 26.2 Å². The van der Waals surface area contributed by atoms with E-state index in [0.29, 0.717) is 22.9 Å². The molecule has 1 atom stereocenters. The smallest absolute Gasteiger partial charge is 0.273 e. The molecular weight excluding hydrogens is 608 g/mol.